The summed E-state index contributed by atoms with van der Waals surface area (Å²) >= 11 is 0. The van der Waals surface area contributed by atoms with Crippen LogP contribution in [0, 0.1) is 37.5 Å². The SMILES string of the molecule is Cc1cc(C#Cc2ccccc2C[Si](C)(O[Si](C)(Cc2ccccc2C#Cc2cc(C)no2)C(C)(C)C)C(C)(C)C)on1. The van der Waals surface area contributed by atoms with E-state index in [1.54, 1.807) is 0 Å². The van der Waals surface area contributed by atoms with Crippen LogP contribution >= 0.6 is 0 Å². The minimum absolute atomic E-state index is 0.0153. The van der Waals surface area contributed by atoms with Gasteiger partial charge in [-0.25, -0.2) is 0 Å². The highest BCUT2D eigenvalue weighted by atomic mass is 28.4. The molecule has 0 fully saturated rings. The van der Waals surface area contributed by atoms with Crippen molar-refractivity contribution in [2.24, 2.45) is 0 Å². The summed E-state index contributed by atoms with van der Waals surface area (Å²) in [6.45, 7) is 22.6. The van der Waals surface area contributed by atoms with Gasteiger partial charge < -0.3 is 13.2 Å². The van der Waals surface area contributed by atoms with Gasteiger partial charge in [-0.1, -0.05) is 100 Å². The quantitative estimate of drug-likeness (QED) is 0.162. The van der Waals surface area contributed by atoms with Crippen LogP contribution in [0.5, 0.6) is 0 Å². The molecule has 0 aliphatic carbocycles. The fraction of sp³-hybridized carbons (Fsp3) is 0.389. The molecular weight excluding hydrogens is 565 g/mol. The lowest BCUT2D eigenvalue weighted by Crippen LogP contribution is -2.59. The fourth-order valence-electron chi connectivity index (χ4n) is 4.83. The second-order valence-electron chi connectivity index (χ2n) is 13.9. The second-order valence-corrected chi connectivity index (χ2v) is 23.3. The summed E-state index contributed by atoms with van der Waals surface area (Å²) in [6, 6.07) is 22.3. The zero-order valence-corrected chi connectivity index (χ0v) is 29.3. The molecule has 0 amide bonds. The smallest absolute Gasteiger partial charge is 0.210 e. The molecule has 2 atom stereocenters. The molecule has 0 aliphatic heterocycles. The van der Waals surface area contributed by atoms with Crippen molar-refractivity contribution in [1.29, 1.82) is 0 Å². The Kier molecular flexibility index (Phi) is 9.42. The van der Waals surface area contributed by atoms with Crippen LogP contribution < -0.4 is 0 Å². The minimum Gasteiger partial charge on any atom is -0.454 e. The first-order chi connectivity index (χ1) is 20.1. The van der Waals surface area contributed by atoms with E-state index in [9.17, 15) is 0 Å². The van der Waals surface area contributed by atoms with Crippen molar-refractivity contribution in [2.75, 3.05) is 0 Å². The Morgan fingerprint density at radius 3 is 1.33 bits per heavy atom. The predicted octanol–water partition coefficient (Wildman–Crippen LogP) is 8.71. The molecule has 5 nitrogen and oxygen atoms in total. The lowest BCUT2D eigenvalue weighted by atomic mass is 10.1. The fourth-order valence-corrected chi connectivity index (χ4v) is 15.0. The number of nitrogens with zero attached hydrogens (tertiary/aromatic N) is 2. The van der Waals surface area contributed by atoms with E-state index in [0.29, 0.717) is 11.5 Å². The average molecular weight is 609 g/mol. The molecule has 224 valence electrons. The van der Waals surface area contributed by atoms with Gasteiger partial charge >= 0.3 is 0 Å². The van der Waals surface area contributed by atoms with Crippen LogP contribution in [0.4, 0.5) is 0 Å². The van der Waals surface area contributed by atoms with Gasteiger partial charge in [-0.05, 0) is 84.2 Å². The van der Waals surface area contributed by atoms with Crippen LogP contribution in [0.1, 0.15) is 86.7 Å². The molecule has 0 saturated carbocycles. The maximum absolute atomic E-state index is 7.73. The van der Waals surface area contributed by atoms with Gasteiger partial charge in [0.05, 0.1) is 11.4 Å². The highest BCUT2D eigenvalue weighted by Crippen LogP contribution is 2.47. The molecule has 2 unspecified atom stereocenters. The van der Waals surface area contributed by atoms with Gasteiger partial charge in [-0.2, -0.15) is 0 Å². The van der Waals surface area contributed by atoms with Gasteiger partial charge in [-0.15, -0.1) is 0 Å². The Morgan fingerprint density at radius 1 is 0.628 bits per heavy atom. The molecule has 0 radical (unpaired) electrons. The summed E-state index contributed by atoms with van der Waals surface area (Å²) in [5, 5.41) is 7.92. The highest BCUT2D eigenvalue weighted by molar-refractivity contribution is 6.88. The van der Waals surface area contributed by atoms with Gasteiger partial charge in [0.25, 0.3) is 0 Å². The first-order valence-corrected chi connectivity index (χ1v) is 20.1. The number of aryl methyl sites for hydroxylation is 2. The van der Waals surface area contributed by atoms with E-state index in [4.69, 9.17) is 13.2 Å². The summed E-state index contributed by atoms with van der Waals surface area (Å²) in [5.41, 5.74) is 6.09. The first-order valence-electron chi connectivity index (χ1n) is 14.9. The highest BCUT2D eigenvalue weighted by Gasteiger charge is 2.52. The average Bonchev–Trinajstić information content (AvgIpc) is 3.53. The Balaban J connectivity index is 1.70. The first kappa shape index (κ1) is 32.3. The number of benzene rings is 2. The van der Waals surface area contributed by atoms with Crippen molar-refractivity contribution in [2.45, 2.75) is 90.6 Å². The standard InChI is InChI=1S/C36H44N2O3Si2/c1-27-23-33(39-37-27)21-19-29-15-11-13-17-31(29)25-42(9,35(3,4)5)41-43(10,36(6,7)8)26-32-18-14-12-16-30(32)20-22-34-24-28(2)38-40-34/h11-18,23-24H,25-26H2,1-10H3. The summed E-state index contributed by atoms with van der Waals surface area (Å²) in [7, 11) is -4.83. The topological polar surface area (TPSA) is 61.3 Å². The lowest BCUT2D eigenvalue weighted by Gasteiger charge is -2.50. The van der Waals surface area contributed by atoms with Crippen LogP contribution in [0.25, 0.3) is 0 Å². The van der Waals surface area contributed by atoms with E-state index in [2.05, 4.69) is 125 Å². The second kappa shape index (κ2) is 12.5. The molecule has 0 N–H and O–H groups in total. The molecule has 2 heterocycles. The van der Waals surface area contributed by atoms with E-state index in [1.807, 2.05) is 38.1 Å². The maximum atomic E-state index is 7.73. The Labute approximate surface area is 259 Å². The van der Waals surface area contributed by atoms with Gasteiger partial charge in [0.1, 0.15) is 0 Å². The van der Waals surface area contributed by atoms with Crippen molar-refractivity contribution < 1.29 is 13.2 Å². The number of aromatic nitrogens is 2. The normalized spacial score (nSPS) is 14.6. The van der Waals surface area contributed by atoms with Crippen molar-refractivity contribution in [1.82, 2.24) is 10.3 Å². The molecule has 43 heavy (non-hydrogen) atoms. The lowest BCUT2D eigenvalue weighted by molar-refractivity contribution is 0.406. The summed E-state index contributed by atoms with van der Waals surface area (Å²) in [6.07, 6.45) is 0. The minimum atomic E-state index is -2.41. The molecule has 0 aliphatic rings. The van der Waals surface area contributed by atoms with Crippen molar-refractivity contribution in [3.8, 4) is 23.7 Å². The van der Waals surface area contributed by atoms with Crippen molar-refractivity contribution >= 4 is 16.6 Å². The summed E-state index contributed by atoms with van der Waals surface area (Å²) in [4.78, 5) is 0. The van der Waals surface area contributed by atoms with Crippen molar-refractivity contribution in [3.05, 3.63) is 106 Å². The Morgan fingerprint density at radius 2 is 1.00 bits per heavy atom. The third-order valence-corrected chi connectivity index (χ3v) is 20.7. The largest absolute Gasteiger partial charge is 0.454 e. The Hall–Kier alpha value is -3.63. The molecule has 0 spiro atoms. The van der Waals surface area contributed by atoms with Gasteiger partial charge in [0.15, 0.2) is 16.6 Å². The molecule has 4 rings (SSSR count). The number of rotatable bonds is 6. The van der Waals surface area contributed by atoms with E-state index in [1.165, 1.54) is 11.1 Å². The third kappa shape index (κ3) is 7.86. The molecule has 0 bridgehead atoms. The maximum Gasteiger partial charge on any atom is 0.210 e. The molecule has 0 saturated heterocycles. The third-order valence-electron chi connectivity index (χ3n) is 8.61. The van der Waals surface area contributed by atoms with Crippen LogP contribution in [0.2, 0.25) is 23.2 Å². The van der Waals surface area contributed by atoms with Gasteiger partial charge in [-0.3, -0.25) is 0 Å². The zero-order chi connectivity index (χ0) is 31.5. The zero-order valence-electron chi connectivity index (χ0n) is 27.3. The molecule has 7 heteroatoms. The molecule has 2 aromatic carbocycles. The van der Waals surface area contributed by atoms with Crippen molar-refractivity contribution in [3.63, 3.8) is 0 Å². The summed E-state index contributed by atoms with van der Waals surface area (Å²) < 4.78 is 18.4. The van der Waals surface area contributed by atoms with E-state index in [-0.39, 0.29) is 10.1 Å². The molecule has 2 aromatic heterocycles. The van der Waals surface area contributed by atoms with Gasteiger partial charge in [0, 0.05) is 23.3 Å². The molecular formula is C36H44N2O3Si2. The van der Waals surface area contributed by atoms with E-state index >= 15 is 0 Å². The van der Waals surface area contributed by atoms with E-state index in [0.717, 1.165) is 34.6 Å². The van der Waals surface area contributed by atoms with Gasteiger partial charge in [0.2, 0.25) is 11.5 Å². The summed E-state index contributed by atoms with van der Waals surface area (Å²) in [5.74, 6) is 14.2. The van der Waals surface area contributed by atoms with Crippen LogP contribution in [-0.4, -0.2) is 26.9 Å². The monoisotopic (exact) mass is 608 g/mol. The Bertz CT molecular complexity index is 1580. The van der Waals surface area contributed by atoms with Crippen LogP contribution in [0.15, 0.2) is 69.7 Å². The number of hydrogen-bond acceptors (Lipinski definition) is 5. The van der Waals surface area contributed by atoms with Crippen LogP contribution in [0.3, 0.4) is 0 Å². The molecule has 4 aromatic rings. The number of hydrogen-bond donors (Lipinski definition) is 0. The predicted molar refractivity (Wildman–Crippen MR) is 178 cm³/mol. The van der Waals surface area contributed by atoms with E-state index < -0.39 is 16.6 Å². The van der Waals surface area contributed by atoms with Crippen LogP contribution in [-0.2, 0) is 16.2 Å².